The highest BCUT2D eigenvalue weighted by Crippen LogP contribution is 2.54. The van der Waals surface area contributed by atoms with Crippen molar-refractivity contribution in [3.8, 4) is 11.1 Å². The molecule has 4 rings (SSSR count). The van der Waals surface area contributed by atoms with Crippen LogP contribution in [0, 0.1) is 6.92 Å². The van der Waals surface area contributed by atoms with Gasteiger partial charge in [0, 0.05) is 15.2 Å². The van der Waals surface area contributed by atoms with Gasteiger partial charge in [0.25, 0.3) is 0 Å². The van der Waals surface area contributed by atoms with E-state index in [1.54, 1.807) is 0 Å². The van der Waals surface area contributed by atoms with Gasteiger partial charge in [0.15, 0.2) is 0 Å². The lowest BCUT2D eigenvalue weighted by molar-refractivity contribution is 0.563. The van der Waals surface area contributed by atoms with Gasteiger partial charge in [-0.05, 0) is 62.8 Å². The topological polar surface area (TPSA) is 0 Å². The molecule has 3 aromatic rings. The molecule has 0 saturated carbocycles. The Labute approximate surface area is 193 Å². The minimum absolute atomic E-state index is 0.0489. The molecule has 0 fully saturated rings. The van der Waals surface area contributed by atoms with Crippen LogP contribution in [0.1, 0.15) is 83.2 Å². The van der Waals surface area contributed by atoms with Gasteiger partial charge in [-0.25, -0.2) is 0 Å². The highest BCUT2D eigenvalue weighted by atomic mass is 32.2. The molecule has 0 aliphatic carbocycles. The van der Waals surface area contributed by atoms with Crippen LogP contribution in [0.25, 0.3) is 11.1 Å². The average molecular weight is 429 g/mol. The number of benzene rings is 3. The minimum Gasteiger partial charge on any atom is -0.0885 e. The number of hydrogen-bond donors (Lipinski definition) is 0. The standard InChI is InChI=1S/C30H36S/c1-19-15-21(28(2,3)4)17-24-26(19)31-27-23(20-13-11-10-12-14-20)16-22(29(5,6)7)18-25(27)30(24,8)9/h10-18H,1-9H3. The van der Waals surface area contributed by atoms with Crippen molar-refractivity contribution in [3.05, 3.63) is 82.4 Å². The van der Waals surface area contributed by atoms with Crippen molar-refractivity contribution >= 4 is 11.8 Å². The maximum atomic E-state index is 2.48. The van der Waals surface area contributed by atoms with Crippen LogP contribution in [0.2, 0.25) is 0 Å². The van der Waals surface area contributed by atoms with Crippen LogP contribution in [0.15, 0.2) is 64.4 Å². The van der Waals surface area contributed by atoms with Crippen LogP contribution >= 0.6 is 11.8 Å². The summed E-state index contributed by atoms with van der Waals surface area (Å²) in [5.41, 5.74) is 10.0. The van der Waals surface area contributed by atoms with Crippen LogP contribution in [0.5, 0.6) is 0 Å². The molecular weight excluding hydrogens is 392 g/mol. The maximum absolute atomic E-state index is 2.48. The lowest BCUT2D eigenvalue weighted by Crippen LogP contribution is -2.27. The molecule has 1 aliphatic heterocycles. The third-order valence-electron chi connectivity index (χ3n) is 6.73. The van der Waals surface area contributed by atoms with Crippen molar-refractivity contribution in [3.63, 3.8) is 0 Å². The van der Waals surface area contributed by atoms with Crippen LogP contribution in [-0.2, 0) is 16.2 Å². The van der Waals surface area contributed by atoms with Crippen LogP contribution in [-0.4, -0.2) is 0 Å². The van der Waals surface area contributed by atoms with E-state index in [2.05, 4.69) is 117 Å². The third kappa shape index (κ3) is 3.87. The highest BCUT2D eigenvalue weighted by Gasteiger charge is 2.37. The molecule has 162 valence electrons. The van der Waals surface area contributed by atoms with E-state index in [0.717, 1.165) is 0 Å². The van der Waals surface area contributed by atoms with Crippen LogP contribution in [0.3, 0.4) is 0 Å². The molecule has 1 heterocycles. The summed E-state index contributed by atoms with van der Waals surface area (Å²) in [5.74, 6) is 0. The SMILES string of the molecule is Cc1cc(C(C)(C)C)cc2c1Sc1c(-c3ccccc3)cc(C(C)(C)C)cc1C2(C)C. The first-order chi connectivity index (χ1) is 14.3. The number of hydrogen-bond acceptors (Lipinski definition) is 1. The van der Waals surface area contributed by atoms with Crippen molar-refractivity contribution < 1.29 is 0 Å². The van der Waals surface area contributed by atoms with Crippen molar-refractivity contribution in [2.75, 3.05) is 0 Å². The Morgan fingerprint density at radius 3 is 1.74 bits per heavy atom. The molecule has 0 nitrogen and oxygen atoms in total. The molecule has 0 amide bonds. The van der Waals surface area contributed by atoms with Gasteiger partial charge in [-0.2, -0.15) is 0 Å². The fraction of sp³-hybridized carbons (Fsp3) is 0.400. The summed E-state index contributed by atoms with van der Waals surface area (Å²) >= 11 is 1.97. The van der Waals surface area contributed by atoms with Crippen LogP contribution in [0.4, 0.5) is 0 Å². The van der Waals surface area contributed by atoms with E-state index in [-0.39, 0.29) is 16.2 Å². The zero-order valence-electron chi connectivity index (χ0n) is 20.6. The molecule has 0 bridgehead atoms. The van der Waals surface area contributed by atoms with Crippen molar-refractivity contribution in [1.82, 2.24) is 0 Å². The van der Waals surface area contributed by atoms with Crippen molar-refractivity contribution in [1.29, 1.82) is 0 Å². The molecule has 0 aromatic heterocycles. The first-order valence-corrected chi connectivity index (χ1v) is 12.2. The molecule has 3 aromatic carbocycles. The lowest BCUT2D eigenvalue weighted by atomic mass is 9.72. The smallest absolute Gasteiger partial charge is 0.0242 e. The summed E-state index contributed by atoms with van der Waals surface area (Å²) in [4.78, 5) is 2.86. The second-order valence-electron chi connectivity index (χ2n) is 11.7. The molecule has 31 heavy (non-hydrogen) atoms. The Balaban J connectivity index is 2.04. The van der Waals surface area contributed by atoms with E-state index < -0.39 is 0 Å². The van der Waals surface area contributed by atoms with E-state index in [1.807, 2.05) is 11.8 Å². The summed E-state index contributed by atoms with van der Waals surface area (Å²) in [7, 11) is 0. The predicted molar refractivity (Wildman–Crippen MR) is 137 cm³/mol. The van der Waals surface area contributed by atoms with Gasteiger partial charge in [0.1, 0.15) is 0 Å². The van der Waals surface area contributed by atoms with Gasteiger partial charge >= 0.3 is 0 Å². The second-order valence-corrected chi connectivity index (χ2v) is 12.7. The molecule has 0 atom stereocenters. The first-order valence-electron chi connectivity index (χ1n) is 11.4. The Kier molecular flexibility index (Phi) is 5.21. The van der Waals surface area contributed by atoms with E-state index in [4.69, 9.17) is 0 Å². The zero-order valence-corrected chi connectivity index (χ0v) is 21.4. The summed E-state index contributed by atoms with van der Waals surface area (Å²) in [6.07, 6.45) is 0. The van der Waals surface area contributed by atoms with Gasteiger partial charge < -0.3 is 0 Å². The largest absolute Gasteiger partial charge is 0.0885 e. The molecule has 0 radical (unpaired) electrons. The van der Waals surface area contributed by atoms with Gasteiger partial charge in [-0.15, -0.1) is 0 Å². The monoisotopic (exact) mass is 428 g/mol. The van der Waals surface area contributed by atoms with E-state index in [1.165, 1.54) is 48.7 Å². The number of rotatable bonds is 1. The summed E-state index contributed by atoms with van der Waals surface area (Å²) in [6, 6.07) is 20.7. The summed E-state index contributed by atoms with van der Waals surface area (Å²) in [6.45, 7) is 21.0. The molecule has 1 aliphatic rings. The normalized spacial score (nSPS) is 15.4. The van der Waals surface area contributed by atoms with E-state index in [9.17, 15) is 0 Å². The number of fused-ring (bicyclic) bond motifs is 2. The van der Waals surface area contributed by atoms with Crippen LogP contribution < -0.4 is 0 Å². The zero-order chi connectivity index (χ0) is 22.8. The quantitative estimate of drug-likeness (QED) is 0.372. The Bertz CT molecular complexity index is 1140. The molecule has 0 saturated heterocycles. The molecule has 0 spiro atoms. The second kappa shape index (κ2) is 7.27. The fourth-order valence-electron chi connectivity index (χ4n) is 4.52. The molecule has 0 unspecified atom stereocenters. The number of aryl methyl sites for hydroxylation is 1. The van der Waals surface area contributed by atoms with Gasteiger partial charge in [-0.1, -0.05) is 116 Å². The fourth-order valence-corrected chi connectivity index (χ4v) is 6.08. The molecule has 0 N–H and O–H groups in total. The average Bonchev–Trinajstić information content (AvgIpc) is 2.67. The minimum atomic E-state index is -0.0489. The van der Waals surface area contributed by atoms with E-state index >= 15 is 0 Å². The molecular formula is C30H36S. The van der Waals surface area contributed by atoms with Crippen molar-refractivity contribution in [2.24, 2.45) is 0 Å². The third-order valence-corrected chi connectivity index (χ3v) is 8.12. The summed E-state index contributed by atoms with van der Waals surface area (Å²) in [5, 5.41) is 0. The highest BCUT2D eigenvalue weighted by molar-refractivity contribution is 7.99. The Morgan fingerprint density at radius 2 is 1.19 bits per heavy atom. The Morgan fingerprint density at radius 1 is 0.677 bits per heavy atom. The Hall–Kier alpha value is -1.99. The molecule has 1 heteroatoms. The lowest BCUT2D eigenvalue weighted by Gasteiger charge is -2.39. The van der Waals surface area contributed by atoms with Gasteiger partial charge in [0.05, 0.1) is 0 Å². The van der Waals surface area contributed by atoms with Crippen molar-refractivity contribution in [2.45, 2.75) is 88.3 Å². The summed E-state index contributed by atoms with van der Waals surface area (Å²) < 4.78 is 0. The first kappa shape index (κ1) is 22.2. The maximum Gasteiger partial charge on any atom is 0.0242 e. The van der Waals surface area contributed by atoms with Gasteiger partial charge in [-0.3, -0.25) is 0 Å². The predicted octanol–water partition coefficient (Wildman–Crippen LogP) is 9.05. The van der Waals surface area contributed by atoms with E-state index in [0.29, 0.717) is 0 Å². The van der Waals surface area contributed by atoms with Gasteiger partial charge in [0.2, 0.25) is 0 Å².